The van der Waals surface area contributed by atoms with Crippen molar-refractivity contribution in [2.75, 3.05) is 13.2 Å². The van der Waals surface area contributed by atoms with Gasteiger partial charge in [-0.05, 0) is 32.4 Å². The van der Waals surface area contributed by atoms with Crippen molar-refractivity contribution in [3.05, 3.63) is 36.4 Å². The Kier molecular flexibility index (Phi) is 7.04. The van der Waals surface area contributed by atoms with E-state index in [0.717, 1.165) is 24.5 Å². The molecule has 0 amide bonds. The van der Waals surface area contributed by atoms with Gasteiger partial charge in [-0.2, -0.15) is 0 Å². The fourth-order valence-electron chi connectivity index (χ4n) is 1.79. The first kappa shape index (κ1) is 15.6. The number of ether oxygens (including phenoxy) is 2. The third-order valence-corrected chi connectivity index (χ3v) is 3.09. The van der Waals surface area contributed by atoms with Crippen molar-refractivity contribution in [3.8, 4) is 11.5 Å². The molecule has 1 aromatic carbocycles. The van der Waals surface area contributed by atoms with Crippen LogP contribution >= 0.6 is 0 Å². The van der Waals surface area contributed by atoms with E-state index >= 15 is 0 Å². The molecule has 0 bridgehead atoms. The Morgan fingerprint density at radius 3 is 2.74 bits per heavy atom. The van der Waals surface area contributed by atoms with Gasteiger partial charge in [-0.3, -0.25) is 0 Å². The summed E-state index contributed by atoms with van der Waals surface area (Å²) in [6.45, 7) is 12.2. The normalized spacial score (nSPS) is 11.9. The molecule has 1 aromatic rings. The molecule has 0 radical (unpaired) electrons. The summed E-state index contributed by atoms with van der Waals surface area (Å²) >= 11 is 0. The second-order valence-corrected chi connectivity index (χ2v) is 4.60. The van der Waals surface area contributed by atoms with E-state index in [2.05, 4.69) is 31.8 Å². The quantitative estimate of drug-likeness (QED) is 0.696. The van der Waals surface area contributed by atoms with Gasteiger partial charge in [0.2, 0.25) is 0 Å². The monoisotopic (exact) mass is 264 g/mol. The fourth-order valence-corrected chi connectivity index (χ4v) is 1.79. The average molecular weight is 264 g/mol. The molecule has 2 N–H and O–H groups in total. The van der Waals surface area contributed by atoms with E-state index in [1.165, 1.54) is 5.56 Å². The molecule has 0 aliphatic carbocycles. The van der Waals surface area contributed by atoms with E-state index in [1.807, 2.05) is 19.1 Å². The molecule has 1 atom stereocenters. The summed E-state index contributed by atoms with van der Waals surface area (Å²) in [5.41, 5.74) is 1.17. The highest BCUT2D eigenvalue weighted by molar-refractivity contribution is 5.46. The van der Waals surface area contributed by atoms with E-state index in [4.69, 9.17) is 9.47 Å². The lowest BCUT2D eigenvalue weighted by molar-refractivity contribution is -0.701. The molecule has 0 aromatic heterocycles. The van der Waals surface area contributed by atoms with Gasteiger partial charge in [0.25, 0.3) is 0 Å². The number of benzene rings is 1. The summed E-state index contributed by atoms with van der Waals surface area (Å²) < 4.78 is 11.4. The van der Waals surface area contributed by atoms with Crippen LogP contribution in [0.2, 0.25) is 0 Å². The first-order valence-electron chi connectivity index (χ1n) is 7.04. The predicted molar refractivity (Wildman–Crippen MR) is 78.7 cm³/mol. The number of hydrogen-bond acceptors (Lipinski definition) is 2. The maximum atomic E-state index is 5.77. The van der Waals surface area contributed by atoms with Gasteiger partial charge >= 0.3 is 0 Å². The molecule has 3 heteroatoms. The lowest BCUT2D eigenvalue weighted by Gasteiger charge is -2.15. The SMILES string of the molecule is C=CCOc1c(C[NH2+][C@H](C)CC)cccc1OCC. The minimum Gasteiger partial charge on any atom is -0.490 e. The summed E-state index contributed by atoms with van der Waals surface area (Å²) in [5, 5.41) is 2.33. The fraction of sp³-hybridized carbons (Fsp3) is 0.500. The largest absolute Gasteiger partial charge is 0.490 e. The van der Waals surface area contributed by atoms with Gasteiger partial charge in [0.05, 0.1) is 18.2 Å². The van der Waals surface area contributed by atoms with Crippen molar-refractivity contribution in [3.63, 3.8) is 0 Å². The van der Waals surface area contributed by atoms with Gasteiger partial charge in [0.1, 0.15) is 13.2 Å². The zero-order valence-corrected chi connectivity index (χ0v) is 12.3. The van der Waals surface area contributed by atoms with Crippen molar-refractivity contribution >= 4 is 0 Å². The molecule has 0 saturated carbocycles. The Morgan fingerprint density at radius 1 is 1.32 bits per heavy atom. The Bertz CT molecular complexity index is 390. The third kappa shape index (κ3) is 4.95. The molecule has 0 fully saturated rings. The van der Waals surface area contributed by atoms with Crippen LogP contribution in [0.1, 0.15) is 32.8 Å². The summed E-state index contributed by atoms with van der Waals surface area (Å²) in [6, 6.07) is 6.68. The maximum Gasteiger partial charge on any atom is 0.170 e. The number of rotatable bonds is 9. The molecule has 0 saturated heterocycles. The third-order valence-electron chi connectivity index (χ3n) is 3.09. The lowest BCUT2D eigenvalue weighted by atomic mass is 10.1. The van der Waals surface area contributed by atoms with Crippen LogP contribution in [0.25, 0.3) is 0 Å². The van der Waals surface area contributed by atoms with Crippen LogP contribution in [0.4, 0.5) is 0 Å². The molecule has 0 spiro atoms. The second kappa shape index (κ2) is 8.59. The Balaban J connectivity index is 2.86. The molecule has 0 heterocycles. The highest BCUT2D eigenvalue weighted by atomic mass is 16.5. The highest BCUT2D eigenvalue weighted by Crippen LogP contribution is 2.31. The average Bonchev–Trinajstić information content (AvgIpc) is 2.43. The topological polar surface area (TPSA) is 35.1 Å². The molecule has 0 aliphatic rings. The first-order valence-corrected chi connectivity index (χ1v) is 7.04. The minimum absolute atomic E-state index is 0.500. The van der Waals surface area contributed by atoms with Crippen molar-refractivity contribution in [2.24, 2.45) is 0 Å². The Labute approximate surface area is 116 Å². The Morgan fingerprint density at radius 2 is 2.11 bits per heavy atom. The van der Waals surface area contributed by atoms with Crippen molar-refractivity contribution in [1.82, 2.24) is 0 Å². The zero-order valence-electron chi connectivity index (χ0n) is 12.3. The van der Waals surface area contributed by atoms with Crippen LogP contribution in [0.15, 0.2) is 30.9 Å². The first-order chi connectivity index (χ1) is 9.22. The van der Waals surface area contributed by atoms with E-state index in [-0.39, 0.29) is 0 Å². The van der Waals surface area contributed by atoms with Gasteiger partial charge in [-0.25, -0.2) is 0 Å². The van der Waals surface area contributed by atoms with Crippen LogP contribution in [-0.4, -0.2) is 19.3 Å². The van der Waals surface area contributed by atoms with Gasteiger partial charge < -0.3 is 14.8 Å². The second-order valence-electron chi connectivity index (χ2n) is 4.60. The lowest BCUT2D eigenvalue weighted by Crippen LogP contribution is -2.87. The van der Waals surface area contributed by atoms with Crippen molar-refractivity contribution in [1.29, 1.82) is 0 Å². The van der Waals surface area contributed by atoms with Crippen molar-refractivity contribution < 1.29 is 14.8 Å². The maximum absolute atomic E-state index is 5.77. The molecular formula is C16H26NO2+. The summed E-state index contributed by atoms with van der Waals surface area (Å²) in [6.07, 6.45) is 2.92. The Hall–Kier alpha value is -1.48. The van der Waals surface area contributed by atoms with Gasteiger partial charge in [0.15, 0.2) is 11.5 Å². The predicted octanol–water partition coefficient (Wildman–Crippen LogP) is 2.51. The molecule has 3 nitrogen and oxygen atoms in total. The number of quaternary nitrogens is 1. The number of hydrogen-bond donors (Lipinski definition) is 1. The van der Waals surface area contributed by atoms with Crippen LogP contribution < -0.4 is 14.8 Å². The van der Waals surface area contributed by atoms with Crippen LogP contribution in [0.3, 0.4) is 0 Å². The number of nitrogens with two attached hydrogens (primary N) is 1. The smallest absolute Gasteiger partial charge is 0.170 e. The van der Waals surface area contributed by atoms with Gasteiger partial charge in [0, 0.05) is 0 Å². The zero-order chi connectivity index (χ0) is 14.1. The number of para-hydroxylation sites is 1. The standard InChI is InChI=1S/C16H25NO2/c1-5-11-19-16-14(12-17-13(4)6-2)9-8-10-15(16)18-7-3/h5,8-10,13,17H,1,6-7,11-12H2,2-4H3/p+1/t13-/m1/s1. The molecule has 106 valence electrons. The summed E-state index contributed by atoms with van der Waals surface area (Å²) in [7, 11) is 0. The van der Waals surface area contributed by atoms with Crippen LogP contribution in [-0.2, 0) is 6.54 Å². The summed E-state index contributed by atoms with van der Waals surface area (Å²) in [5.74, 6) is 1.67. The molecule has 1 rings (SSSR count). The van der Waals surface area contributed by atoms with Gasteiger partial charge in [-0.1, -0.05) is 25.6 Å². The van der Waals surface area contributed by atoms with Crippen molar-refractivity contribution in [2.45, 2.75) is 39.8 Å². The molecule has 19 heavy (non-hydrogen) atoms. The van der Waals surface area contributed by atoms with Crippen LogP contribution in [0.5, 0.6) is 11.5 Å². The molecular weight excluding hydrogens is 238 g/mol. The summed E-state index contributed by atoms with van der Waals surface area (Å²) in [4.78, 5) is 0. The molecule has 0 unspecified atom stereocenters. The highest BCUT2D eigenvalue weighted by Gasteiger charge is 2.13. The van der Waals surface area contributed by atoms with E-state index in [1.54, 1.807) is 6.08 Å². The van der Waals surface area contributed by atoms with Gasteiger partial charge in [-0.15, -0.1) is 0 Å². The van der Waals surface area contributed by atoms with E-state index < -0.39 is 0 Å². The van der Waals surface area contributed by atoms with E-state index in [9.17, 15) is 0 Å². The molecule has 0 aliphatic heterocycles. The minimum atomic E-state index is 0.500. The van der Waals surface area contributed by atoms with Crippen LogP contribution in [0, 0.1) is 0 Å². The van der Waals surface area contributed by atoms with E-state index in [0.29, 0.717) is 19.3 Å².